The van der Waals surface area contributed by atoms with Crippen LogP contribution in [0.15, 0.2) is 24.3 Å². The van der Waals surface area contributed by atoms with Crippen LogP contribution in [0.1, 0.15) is 40.5 Å². The first-order valence-electron chi connectivity index (χ1n) is 8.10. The average Bonchev–Trinajstić information content (AvgIpc) is 2.84. The van der Waals surface area contributed by atoms with Crippen molar-refractivity contribution in [2.75, 3.05) is 26.4 Å². The molecule has 1 aromatic carbocycles. The minimum Gasteiger partial charge on any atom is -0.381 e. The zero-order chi connectivity index (χ0) is 16.2. The summed E-state index contributed by atoms with van der Waals surface area (Å²) in [6, 6.07) is 7.08. The van der Waals surface area contributed by atoms with E-state index in [4.69, 9.17) is 9.57 Å². The van der Waals surface area contributed by atoms with E-state index in [9.17, 15) is 9.59 Å². The molecule has 1 aromatic rings. The molecule has 1 fully saturated rings. The van der Waals surface area contributed by atoms with E-state index in [-0.39, 0.29) is 18.4 Å². The summed E-state index contributed by atoms with van der Waals surface area (Å²) < 4.78 is 5.49. The average molecular weight is 318 g/mol. The monoisotopic (exact) mass is 318 g/mol. The minimum atomic E-state index is -0.390. The van der Waals surface area contributed by atoms with E-state index < -0.39 is 0 Å². The number of nitrogens with one attached hydrogen (secondary N) is 1. The van der Waals surface area contributed by atoms with Gasteiger partial charge in [-0.3, -0.25) is 14.4 Å². The molecule has 2 atom stereocenters. The van der Waals surface area contributed by atoms with Crippen LogP contribution in [0.5, 0.6) is 0 Å². The highest BCUT2D eigenvalue weighted by Crippen LogP contribution is 2.22. The number of carbonyl (C=O) groups is 2. The molecule has 2 heterocycles. The highest BCUT2D eigenvalue weighted by atomic mass is 16.7. The summed E-state index contributed by atoms with van der Waals surface area (Å²) in [5.74, 6) is -0.276. The summed E-state index contributed by atoms with van der Waals surface area (Å²) in [5.41, 5.74) is 0.802. The van der Waals surface area contributed by atoms with Gasteiger partial charge in [0.05, 0.1) is 24.3 Å². The van der Waals surface area contributed by atoms with Crippen molar-refractivity contribution in [1.82, 2.24) is 10.4 Å². The fraction of sp³-hybridized carbons (Fsp3) is 0.529. The molecular weight excluding hydrogens is 296 g/mol. The lowest BCUT2D eigenvalue weighted by Crippen LogP contribution is -2.40. The number of hydroxylamine groups is 2. The highest BCUT2D eigenvalue weighted by molar-refractivity contribution is 6.20. The Kier molecular flexibility index (Phi) is 5.05. The van der Waals surface area contributed by atoms with E-state index in [1.54, 1.807) is 24.3 Å². The lowest BCUT2D eigenvalue weighted by Gasteiger charge is -2.28. The quantitative estimate of drug-likeness (QED) is 0.638. The van der Waals surface area contributed by atoms with Crippen LogP contribution in [0, 0.1) is 5.92 Å². The summed E-state index contributed by atoms with van der Waals surface area (Å²) in [7, 11) is 0. The highest BCUT2D eigenvalue weighted by Gasteiger charge is 2.36. The number of ether oxygens (including phenoxy) is 1. The van der Waals surface area contributed by atoms with Gasteiger partial charge in [-0.05, 0) is 37.8 Å². The van der Waals surface area contributed by atoms with Gasteiger partial charge in [-0.2, -0.15) is 0 Å². The molecule has 23 heavy (non-hydrogen) atoms. The van der Waals surface area contributed by atoms with Crippen molar-refractivity contribution in [1.29, 1.82) is 0 Å². The molecule has 0 aromatic heterocycles. The summed E-state index contributed by atoms with van der Waals surface area (Å²) >= 11 is 0. The molecule has 2 amide bonds. The number of amides is 2. The van der Waals surface area contributed by atoms with Gasteiger partial charge in [0.15, 0.2) is 0 Å². The molecule has 0 saturated carbocycles. The maximum absolute atomic E-state index is 12.1. The first-order valence-corrected chi connectivity index (χ1v) is 8.10. The van der Waals surface area contributed by atoms with Crippen LogP contribution in [0.4, 0.5) is 0 Å². The van der Waals surface area contributed by atoms with Crippen LogP contribution in [0.2, 0.25) is 0 Å². The van der Waals surface area contributed by atoms with Gasteiger partial charge >= 0.3 is 0 Å². The third kappa shape index (κ3) is 3.44. The zero-order valence-electron chi connectivity index (χ0n) is 13.3. The van der Waals surface area contributed by atoms with E-state index in [2.05, 4.69) is 12.2 Å². The Balaban J connectivity index is 1.45. The first kappa shape index (κ1) is 16.1. The molecule has 2 aliphatic heterocycles. The summed E-state index contributed by atoms with van der Waals surface area (Å²) in [6.45, 7) is 4.61. The summed E-state index contributed by atoms with van der Waals surface area (Å²) in [4.78, 5) is 29.6. The van der Waals surface area contributed by atoms with E-state index >= 15 is 0 Å². The molecule has 0 spiro atoms. The predicted molar refractivity (Wildman–Crippen MR) is 83.9 cm³/mol. The Bertz CT molecular complexity index is 549. The van der Waals surface area contributed by atoms with Crippen LogP contribution < -0.4 is 5.32 Å². The number of hydrogen-bond acceptors (Lipinski definition) is 5. The minimum absolute atomic E-state index is 0.267. The van der Waals surface area contributed by atoms with Gasteiger partial charge in [0, 0.05) is 19.2 Å². The van der Waals surface area contributed by atoms with E-state index in [0.717, 1.165) is 31.1 Å². The van der Waals surface area contributed by atoms with Crippen molar-refractivity contribution in [3.05, 3.63) is 35.4 Å². The number of benzene rings is 1. The molecule has 124 valence electrons. The van der Waals surface area contributed by atoms with E-state index in [0.29, 0.717) is 29.6 Å². The van der Waals surface area contributed by atoms with Crippen LogP contribution in [-0.2, 0) is 9.57 Å². The number of fused-ring (bicyclic) bond motifs is 1. The molecule has 1 N–H and O–H groups in total. The summed E-state index contributed by atoms with van der Waals surface area (Å²) in [5, 5.41) is 4.23. The maximum atomic E-state index is 12.1. The van der Waals surface area contributed by atoms with Crippen LogP contribution in [0.25, 0.3) is 0 Å². The second-order valence-electron chi connectivity index (χ2n) is 6.00. The fourth-order valence-electron chi connectivity index (χ4n) is 3.03. The van der Waals surface area contributed by atoms with Crippen molar-refractivity contribution in [3.63, 3.8) is 0 Å². The zero-order valence-corrected chi connectivity index (χ0v) is 13.3. The predicted octanol–water partition coefficient (Wildman–Crippen LogP) is 1.62. The third-order valence-corrected chi connectivity index (χ3v) is 4.45. The Labute approximate surface area is 135 Å². The Morgan fingerprint density at radius 2 is 2.00 bits per heavy atom. The number of nitrogens with zero attached hydrogens (tertiary/aromatic N) is 1. The molecule has 0 unspecified atom stereocenters. The van der Waals surface area contributed by atoms with Crippen molar-refractivity contribution >= 4 is 11.8 Å². The van der Waals surface area contributed by atoms with Crippen molar-refractivity contribution < 1.29 is 19.2 Å². The molecule has 0 aliphatic carbocycles. The summed E-state index contributed by atoms with van der Waals surface area (Å²) in [6.07, 6.45) is 2.26. The van der Waals surface area contributed by atoms with Crippen molar-refractivity contribution in [3.8, 4) is 0 Å². The van der Waals surface area contributed by atoms with Gasteiger partial charge in [-0.1, -0.05) is 12.1 Å². The van der Waals surface area contributed by atoms with Gasteiger partial charge in [0.2, 0.25) is 0 Å². The largest absolute Gasteiger partial charge is 0.381 e. The number of imide groups is 1. The van der Waals surface area contributed by atoms with Gasteiger partial charge < -0.3 is 10.1 Å². The lowest BCUT2D eigenvalue weighted by molar-refractivity contribution is -0.0905. The van der Waals surface area contributed by atoms with Crippen molar-refractivity contribution in [2.45, 2.75) is 25.8 Å². The second-order valence-corrected chi connectivity index (χ2v) is 6.00. The third-order valence-electron chi connectivity index (χ3n) is 4.45. The lowest BCUT2D eigenvalue weighted by atomic mass is 9.95. The van der Waals surface area contributed by atoms with Gasteiger partial charge in [-0.15, -0.1) is 5.06 Å². The van der Waals surface area contributed by atoms with Crippen LogP contribution >= 0.6 is 0 Å². The van der Waals surface area contributed by atoms with Crippen molar-refractivity contribution in [2.24, 2.45) is 5.92 Å². The van der Waals surface area contributed by atoms with Crippen LogP contribution in [0.3, 0.4) is 0 Å². The molecular formula is C17H22N2O4. The molecule has 0 bridgehead atoms. The first-order chi connectivity index (χ1) is 11.2. The second kappa shape index (κ2) is 7.21. The molecule has 6 heteroatoms. The van der Waals surface area contributed by atoms with Gasteiger partial charge in [-0.25, -0.2) is 0 Å². The molecule has 0 radical (unpaired) electrons. The number of rotatable bonds is 6. The normalized spacial score (nSPS) is 22.3. The topological polar surface area (TPSA) is 67.9 Å². The molecule has 1 saturated heterocycles. The smallest absolute Gasteiger partial charge is 0.285 e. The van der Waals surface area contributed by atoms with E-state index in [1.807, 2.05) is 0 Å². The van der Waals surface area contributed by atoms with E-state index in [1.165, 1.54) is 0 Å². The molecule has 3 rings (SSSR count). The van der Waals surface area contributed by atoms with Gasteiger partial charge in [0.1, 0.15) is 0 Å². The molecule has 6 nitrogen and oxygen atoms in total. The Morgan fingerprint density at radius 1 is 1.30 bits per heavy atom. The SMILES string of the molecule is C[C@@H](NCCON1C(=O)c2ccccc2C1=O)[C@H]1CCCOC1. The fourth-order valence-corrected chi connectivity index (χ4v) is 3.03. The number of carbonyl (C=O) groups excluding carboxylic acids is 2. The van der Waals surface area contributed by atoms with Crippen LogP contribution in [-0.4, -0.2) is 49.3 Å². The standard InChI is InChI=1S/C17H22N2O4/c1-12(13-5-4-9-22-11-13)18-8-10-23-19-16(20)14-6-2-3-7-15(14)17(19)21/h2-3,6-7,12-13,18H,4-5,8-11H2,1H3/t12-,13+/m1/s1. The Hall–Kier alpha value is -1.76. The maximum Gasteiger partial charge on any atom is 0.285 e. The van der Waals surface area contributed by atoms with Gasteiger partial charge in [0.25, 0.3) is 11.8 Å². The molecule has 2 aliphatic rings. The number of hydrogen-bond donors (Lipinski definition) is 1. The Morgan fingerprint density at radius 3 is 2.61 bits per heavy atom.